The maximum absolute atomic E-state index is 11.4. The Kier molecular flexibility index (Phi) is 4.69. The number of benzene rings is 1. The maximum Gasteiger partial charge on any atom is 0.308 e. The third-order valence-electron chi connectivity index (χ3n) is 4.36. The molecule has 2 unspecified atom stereocenters. The molecule has 0 bridgehead atoms. The van der Waals surface area contributed by atoms with E-state index in [-0.39, 0.29) is 11.9 Å². The molecule has 20 heavy (non-hydrogen) atoms. The number of hydrogen-bond acceptors (Lipinski definition) is 3. The minimum Gasteiger partial charge on any atom is -0.494 e. The minimum atomic E-state index is -0.0467. The summed E-state index contributed by atoms with van der Waals surface area (Å²) in [5.41, 5.74) is 3.90. The van der Waals surface area contributed by atoms with Crippen LogP contribution in [0.5, 0.6) is 5.75 Å². The normalized spacial score (nSPS) is 20.6. The molecule has 1 fully saturated rings. The number of hydrogen-bond donors (Lipinski definition) is 0. The Labute approximate surface area is 121 Å². The van der Waals surface area contributed by atoms with Gasteiger partial charge in [0.15, 0.2) is 0 Å². The summed E-state index contributed by atoms with van der Waals surface area (Å²) >= 11 is 0. The Morgan fingerprint density at radius 1 is 1.30 bits per heavy atom. The van der Waals surface area contributed by atoms with Crippen molar-refractivity contribution >= 4 is 5.97 Å². The summed E-state index contributed by atoms with van der Waals surface area (Å²) in [4.78, 5) is 11.4. The van der Waals surface area contributed by atoms with Crippen LogP contribution in [-0.2, 0) is 16.0 Å². The van der Waals surface area contributed by atoms with Crippen molar-refractivity contribution < 1.29 is 14.3 Å². The molecule has 1 aromatic carbocycles. The zero-order valence-electron chi connectivity index (χ0n) is 12.9. The van der Waals surface area contributed by atoms with Crippen molar-refractivity contribution in [1.29, 1.82) is 0 Å². The molecular weight excluding hydrogens is 252 g/mol. The van der Waals surface area contributed by atoms with E-state index in [2.05, 4.69) is 26.0 Å². The average molecular weight is 276 g/mol. The Morgan fingerprint density at radius 3 is 2.70 bits per heavy atom. The Morgan fingerprint density at radius 2 is 2.05 bits per heavy atom. The Balaban J connectivity index is 1.94. The van der Waals surface area contributed by atoms with Crippen LogP contribution in [-0.4, -0.2) is 19.7 Å². The van der Waals surface area contributed by atoms with Crippen molar-refractivity contribution in [2.75, 3.05) is 13.7 Å². The van der Waals surface area contributed by atoms with Crippen LogP contribution in [0.15, 0.2) is 12.1 Å². The molecule has 0 amide bonds. The number of aryl methyl sites for hydroxylation is 1. The number of ether oxygens (including phenoxy) is 2. The van der Waals surface area contributed by atoms with Gasteiger partial charge in [0.05, 0.1) is 19.6 Å². The second-order valence-electron chi connectivity index (χ2n) is 5.57. The summed E-state index contributed by atoms with van der Waals surface area (Å²) in [7, 11) is 1.47. The van der Waals surface area contributed by atoms with Gasteiger partial charge in [-0.2, -0.15) is 0 Å². The monoisotopic (exact) mass is 276 g/mol. The topological polar surface area (TPSA) is 35.5 Å². The minimum absolute atomic E-state index is 0.0467. The van der Waals surface area contributed by atoms with Crippen LogP contribution in [0, 0.1) is 25.7 Å². The summed E-state index contributed by atoms with van der Waals surface area (Å²) in [6.07, 6.45) is 3.08. The van der Waals surface area contributed by atoms with E-state index in [0.717, 1.165) is 25.0 Å². The molecule has 3 nitrogen and oxygen atoms in total. The molecule has 0 radical (unpaired) electrons. The second kappa shape index (κ2) is 6.29. The zero-order valence-corrected chi connectivity index (χ0v) is 12.9. The van der Waals surface area contributed by atoms with Gasteiger partial charge in [-0.15, -0.1) is 0 Å². The third-order valence-corrected chi connectivity index (χ3v) is 4.36. The summed E-state index contributed by atoms with van der Waals surface area (Å²) in [6, 6.07) is 4.22. The largest absolute Gasteiger partial charge is 0.494 e. The van der Waals surface area contributed by atoms with Gasteiger partial charge in [-0.05, 0) is 68.7 Å². The molecule has 2 rings (SSSR count). The first-order valence-electron chi connectivity index (χ1n) is 7.38. The fraction of sp³-hybridized carbons (Fsp3) is 0.588. The average Bonchev–Trinajstić information content (AvgIpc) is 3.22. The molecular formula is C17H24O3. The summed E-state index contributed by atoms with van der Waals surface area (Å²) in [5.74, 6) is 1.58. The summed E-state index contributed by atoms with van der Waals surface area (Å²) in [6.45, 7) is 6.96. The molecule has 3 heteroatoms. The van der Waals surface area contributed by atoms with Gasteiger partial charge >= 0.3 is 5.97 Å². The van der Waals surface area contributed by atoms with E-state index < -0.39 is 0 Å². The number of carbonyl (C=O) groups is 1. The highest BCUT2D eigenvalue weighted by molar-refractivity contribution is 5.75. The Bertz CT molecular complexity index is 493. The molecule has 1 aliphatic rings. The van der Waals surface area contributed by atoms with Gasteiger partial charge in [-0.25, -0.2) is 0 Å². The predicted octanol–water partition coefficient (Wildman–Crippen LogP) is 3.44. The van der Waals surface area contributed by atoms with Crippen LogP contribution in [0.2, 0.25) is 0 Å². The van der Waals surface area contributed by atoms with Crippen LogP contribution in [0.1, 0.15) is 36.5 Å². The quantitative estimate of drug-likeness (QED) is 0.747. The molecule has 1 aliphatic carbocycles. The van der Waals surface area contributed by atoms with Crippen LogP contribution in [0.4, 0.5) is 0 Å². The SMILES string of the molecule is CCOc1ccc(CCC2CC2C(=O)OC)c(C)c1C. The molecule has 0 N–H and O–H groups in total. The first kappa shape index (κ1) is 14.9. The lowest BCUT2D eigenvalue weighted by molar-refractivity contribution is -0.142. The first-order chi connectivity index (χ1) is 9.58. The van der Waals surface area contributed by atoms with E-state index in [4.69, 9.17) is 9.47 Å². The second-order valence-corrected chi connectivity index (χ2v) is 5.57. The highest BCUT2D eigenvalue weighted by Gasteiger charge is 2.43. The van der Waals surface area contributed by atoms with Gasteiger partial charge < -0.3 is 9.47 Å². The maximum atomic E-state index is 11.4. The molecule has 0 aromatic heterocycles. The number of rotatable bonds is 6. The van der Waals surface area contributed by atoms with E-state index >= 15 is 0 Å². The zero-order chi connectivity index (χ0) is 14.7. The van der Waals surface area contributed by atoms with Crippen molar-refractivity contribution in [3.63, 3.8) is 0 Å². The highest BCUT2D eigenvalue weighted by atomic mass is 16.5. The van der Waals surface area contributed by atoms with Crippen molar-refractivity contribution in [2.24, 2.45) is 11.8 Å². The summed E-state index contributed by atoms with van der Waals surface area (Å²) in [5, 5.41) is 0. The molecule has 1 aromatic rings. The highest BCUT2D eigenvalue weighted by Crippen LogP contribution is 2.43. The smallest absolute Gasteiger partial charge is 0.308 e. The van der Waals surface area contributed by atoms with Crippen LogP contribution < -0.4 is 4.74 Å². The first-order valence-corrected chi connectivity index (χ1v) is 7.38. The molecule has 0 spiro atoms. The number of esters is 1. The lowest BCUT2D eigenvalue weighted by Crippen LogP contribution is -2.05. The standard InChI is InChI=1S/C17H24O3/c1-5-20-16-9-8-13(11(2)12(16)3)6-7-14-10-15(14)17(18)19-4/h8-9,14-15H,5-7,10H2,1-4H3. The molecule has 0 heterocycles. The fourth-order valence-corrected chi connectivity index (χ4v) is 2.78. The van der Waals surface area contributed by atoms with Gasteiger partial charge in [-0.1, -0.05) is 6.07 Å². The lowest BCUT2D eigenvalue weighted by atomic mass is 9.97. The van der Waals surface area contributed by atoms with Crippen molar-refractivity contribution in [2.45, 2.75) is 40.0 Å². The lowest BCUT2D eigenvalue weighted by Gasteiger charge is -2.13. The number of methoxy groups -OCH3 is 1. The molecule has 0 aliphatic heterocycles. The van der Waals surface area contributed by atoms with E-state index in [1.807, 2.05) is 6.92 Å². The van der Waals surface area contributed by atoms with Gasteiger partial charge in [0.25, 0.3) is 0 Å². The van der Waals surface area contributed by atoms with Crippen molar-refractivity contribution in [3.8, 4) is 5.75 Å². The third kappa shape index (κ3) is 3.14. The van der Waals surface area contributed by atoms with Crippen LogP contribution in [0.3, 0.4) is 0 Å². The van der Waals surface area contributed by atoms with E-state index in [1.165, 1.54) is 23.8 Å². The van der Waals surface area contributed by atoms with E-state index in [9.17, 15) is 4.79 Å². The van der Waals surface area contributed by atoms with E-state index in [1.54, 1.807) is 0 Å². The molecule has 1 saturated carbocycles. The number of carbonyl (C=O) groups excluding carboxylic acids is 1. The van der Waals surface area contributed by atoms with Crippen LogP contribution >= 0.6 is 0 Å². The van der Waals surface area contributed by atoms with Gasteiger partial charge in [0.1, 0.15) is 5.75 Å². The van der Waals surface area contributed by atoms with E-state index in [0.29, 0.717) is 12.5 Å². The van der Waals surface area contributed by atoms with Crippen molar-refractivity contribution in [3.05, 3.63) is 28.8 Å². The van der Waals surface area contributed by atoms with Gasteiger partial charge in [0, 0.05) is 0 Å². The van der Waals surface area contributed by atoms with Crippen LogP contribution in [0.25, 0.3) is 0 Å². The predicted molar refractivity (Wildman–Crippen MR) is 79.0 cm³/mol. The molecule has 2 atom stereocenters. The molecule has 110 valence electrons. The fourth-order valence-electron chi connectivity index (χ4n) is 2.78. The molecule has 0 saturated heterocycles. The summed E-state index contributed by atoms with van der Waals surface area (Å²) < 4.78 is 10.4. The van der Waals surface area contributed by atoms with Crippen molar-refractivity contribution in [1.82, 2.24) is 0 Å². The Hall–Kier alpha value is -1.51. The van der Waals surface area contributed by atoms with Gasteiger partial charge in [-0.3, -0.25) is 4.79 Å². The van der Waals surface area contributed by atoms with Gasteiger partial charge in [0.2, 0.25) is 0 Å².